The van der Waals surface area contributed by atoms with Gasteiger partial charge in [-0.2, -0.15) is 17.9 Å². The summed E-state index contributed by atoms with van der Waals surface area (Å²) in [6, 6.07) is 4.87. The number of aromatic nitrogens is 1. The molecule has 1 aromatic carbocycles. The third kappa shape index (κ3) is 6.06. The summed E-state index contributed by atoms with van der Waals surface area (Å²) in [5.41, 5.74) is -0.679. The number of ether oxygens (including phenoxy) is 1. The number of carbonyl (C=O) groups is 1. The standard InChI is InChI=1S/C15H11Cl2F3N2O4S/c16-11-3-2-10(15(18,19)20)5-12(11)27(24,25)22-7-14(23)26-8-9-1-4-13(17)21-6-9/h1-6,22H,7-8H2. The van der Waals surface area contributed by atoms with Gasteiger partial charge in [-0.3, -0.25) is 4.79 Å². The van der Waals surface area contributed by atoms with Gasteiger partial charge in [0.25, 0.3) is 0 Å². The SMILES string of the molecule is O=C(CNS(=O)(=O)c1cc(C(F)(F)F)ccc1Cl)OCc1ccc(Cl)nc1. The summed E-state index contributed by atoms with van der Waals surface area (Å²) in [7, 11) is -4.47. The highest BCUT2D eigenvalue weighted by molar-refractivity contribution is 7.89. The van der Waals surface area contributed by atoms with E-state index >= 15 is 0 Å². The van der Waals surface area contributed by atoms with Crippen molar-refractivity contribution in [2.24, 2.45) is 0 Å². The van der Waals surface area contributed by atoms with Gasteiger partial charge in [0.2, 0.25) is 10.0 Å². The van der Waals surface area contributed by atoms with Crippen LogP contribution in [0.15, 0.2) is 41.4 Å². The second kappa shape index (κ2) is 8.42. The molecule has 0 bridgehead atoms. The summed E-state index contributed by atoms with van der Waals surface area (Å²) in [6.07, 6.45) is -3.39. The zero-order valence-electron chi connectivity index (χ0n) is 13.3. The Balaban J connectivity index is 2.02. The molecule has 0 unspecified atom stereocenters. The van der Waals surface area contributed by atoms with Crippen LogP contribution < -0.4 is 4.72 Å². The normalized spacial score (nSPS) is 12.0. The Hall–Kier alpha value is -1.88. The summed E-state index contributed by atoms with van der Waals surface area (Å²) in [5, 5.41) is -0.174. The summed E-state index contributed by atoms with van der Waals surface area (Å²) >= 11 is 11.3. The van der Waals surface area contributed by atoms with Crippen LogP contribution in [0.3, 0.4) is 0 Å². The van der Waals surface area contributed by atoms with Crippen molar-refractivity contribution in [3.8, 4) is 0 Å². The van der Waals surface area contributed by atoms with Crippen LogP contribution in [0, 0.1) is 0 Å². The van der Waals surface area contributed by atoms with Gasteiger partial charge >= 0.3 is 12.1 Å². The van der Waals surface area contributed by atoms with Crippen LogP contribution in [-0.2, 0) is 32.3 Å². The van der Waals surface area contributed by atoms with Crippen molar-refractivity contribution in [2.75, 3.05) is 6.54 Å². The van der Waals surface area contributed by atoms with E-state index in [0.29, 0.717) is 17.7 Å². The number of nitrogens with zero attached hydrogens (tertiary/aromatic N) is 1. The molecule has 0 aliphatic rings. The average Bonchev–Trinajstić information content (AvgIpc) is 2.58. The first-order valence-corrected chi connectivity index (χ1v) is 9.35. The van der Waals surface area contributed by atoms with Gasteiger partial charge in [-0.1, -0.05) is 29.3 Å². The number of carbonyl (C=O) groups excluding carboxylic acids is 1. The Morgan fingerprint density at radius 2 is 1.89 bits per heavy atom. The average molecular weight is 443 g/mol. The molecule has 0 aliphatic carbocycles. The minimum absolute atomic E-state index is 0.185. The van der Waals surface area contributed by atoms with E-state index < -0.39 is 44.2 Å². The molecule has 0 atom stereocenters. The van der Waals surface area contributed by atoms with Crippen molar-refractivity contribution in [3.63, 3.8) is 0 Å². The van der Waals surface area contributed by atoms with E-state index in [1.54, 1.807) is 6.07 Å². The maximum Gasteiger partial charge on any atom is 0.416 e. The lowest BCUT2D eigenvalue weighted by atomic mass is 10.2. The van der Waals surface area contributed by atoms with Gasteiger partial charge in [0.05, 0.1) is 10.6 Å². The van der Waals surface area contributed by atoms with Crippen molar-refractivity contribution in [1.29, 1.82) is 0 Å². The second-order valence-corrected chi connectivity index (χ2v) is 7.65. The minimum atomic E-state index is -4.75. The quantitative estimate of drug-likeness (QED) is 0.547. The number of alkyl halides is 3. The van der Waals surface area contributed by atoms with E-state index in [-0.39, 0.29) is 11.8 Å². The lowest BCUT2D eigenvalue weighted by Crippen LogP contribution is -2.31. The van der Waals surface area contributed by atoms with Crippen molar-refractivity contribution in [2.45, 2.75) is 17.7 Å². The predicted molar refractivity (Wildman–Crippen MR) is 90.7 cm³/mol. The Labute approximate surface area is 162 Å². The molecule has 1 aromatic heterocycles. The first-order valence-electron chi connectivity index (χ1n) is 7.11. The Kier molecular flexibility index (Phi) is 6.68. The van der Waals surface area contributed by atoms with Crippen LogP contribution in [0.5, 0.6) is 0 Å². The van der Waals surface area contributed by atoms with E-state index in [4.69, 9.17) is 27.9 Å². The van der Waals surface area contributed by atoms with Gasteiger partial charge in [-0.05, 0) is 24.3 Å². The smallest absolute Gasteiger partial charge is 0.416 e. The van der Waals surface area contributed by atoms with E-state index in [1.807, 2.05) is 4.72 Å². The Bertz CT molecular complexity index is 935. The molecular formula is C15H11Cl2F3N2O4S. The zero-order chi connectivity index (χ0) is 20.2. The van der Waals surface area contributed by atoms with E-state index in [2.05, 4.69) is 4.98 Å². The third-order valence-electron chi connectivity index (χ3n) is 3.14. The first-order chi connectivity index (χ1) is 12.5. The van der Waals surface area contributed by atoms with Crippen LogP contribution in [0.1, 0.15) is 11.1 Å². The molecule has 2 rings (SSSR count). The molecule has 0 saturated heterocycles. The van der Waals surface area contributed by atoms with Crippen LogP contribution >= 0.6 is 23.2 Å². The molecular weight excluding hydrogens is 432 g/mol. The predicted octanol–water partition coefficient (Wildman–Crippen LogP) is 3.43. The Morgan fingerprint density at radius 3 is 2.48 bits per heavy atom. The van der Waals surface area contributed by atoms with Crippen LogP contribution in [0.2, 0.25) is 10.2 Å². The van der Waals surface area contributed by atoms with Gasteiger partial charge < -0.3 is 4.74 Å². The lowest BCUT2D eigenvalue weighted by Gasteiger charge is -2.12. The maximum atomic E-state index is 12.7. The minimum Gasteiger partial charge on any atom is -0.460 e. The van der Waals surface area contributed by atoms with Gasteiger partial charge in [0, 0.05) is 11.8 Å². The fourth-order valence-electron chi connectivity index (χ4n) is 1.82. The van der Waals surface area contributed by atoms with Gasteiger partial charge in [-0.25, -0.2) is 13.4 Å². The summed E-state index contributed by atoms with van der Waals surface area (Å²) < 4.78 is 69.2. The number of pyridine rings is 1. The van der Waals surface area contributed by atoms with Gasteiger partial charge in [-0.15, -0.1) is 0 Å². The third-order valence-corrected chi connectivity index (χ3v) is 5.25. The van der Waals surface area contributed by atoms with Gasteiger partial charge in [0.15, 0.2) is 0 Å². The summed E-state index contributed by atoms with van der Waals surface area (Å²) in [5.74, 6) is -0.948. The molecule has 1 heterocycles. The van der Waals surface area contributed by atoms with Crippen molar-refractivity contribution in [1.82, 2.24) is 9.71 Å². The van der Waals surface area contributed by atoms with E-state index in [9.17, 15) is 26.4 Å². The number of benzene rings is 1. The fraction of sp³-hybridized carbons (Fsp3) is 0.200. The monoisotopic (exact) mass is 442 g/mol. The topological polar surface area (TPSA) is 85.4 Å². The molecule has 6 nitrogen and oxygen atoms in total. The van der Waals surface area contributed by atoms with Gasteiger partial charge in [0.1, 0.15) is 23.2 Å². The number of hydrogen-bond acceptors (Lipinski definition) is 5. The van der Waals surface area contributed by atoms with Crippen molar-refractivity contribution in [3.05, 3.63) is 57.8 Å². The Morgan fingerprint density at radius 1 is 1.19 bits per heavy atom. The largest absolute Gasteiger partial charge is 0.460 e. The zero-order valence-corrected chi connectivity index (χ0v) is 15.6. The van der Waals surface area contributed by atoms with Crippen LogP contribution in [0.25, 0.3) is 0 Å². The maximum absolute atomic E-state index is 12.7. The molecule has 0 amide bonds. The summed E-state index contributed by atoms with van der Waals surface area (Å²) in [4.78, 5) is 14.6. The molecule has 0 radical (unpaired) electrons. The summed E-state index contributed by atoms with van der Waals surface area (Å²) in [6.45, 7) is -0.981. The number of esters is 1. The molecule has 146 valence electrons. The molecule has 1 N–H and O–H groups in total. The molecule has 2 aromatic rings. The number of halogens is 5. The molecule has 0 fully saturated rings. The number of hydrogen-bond donors (Lipinski definition) is 1. The second-order valence-electron chi connectivity index (χ2n) is 5.12. The lowest BCUT2D eigenvalue weighted by molar-refractivity contribution is -0.143. The number of nitrogens with one attached hydrogen (secondary N) is 1. The highest BCUT2D eigenvalue weighted by Crippen LogP contribution is 2.33. The van der Waals surface area contributed by atoms with Crippen LogP contribution in [0.4, 0.5) is 13.2 Å². The number of sulfonamides is 1. The van der Waals surface area contributed by atoms with Crippen molar-refractivity contribution >= 4 is 39.2 Å². The highest BCUT2D eigenvalue weighted by atomic mass is 35.5. The molecule has 0 spiro atoms. The molecule has 12 heteroatoms. The molecule has 27 heavy (non-hydrogen) atoms. The first kappa shape index (κ1) is 21.4. The fourth-order valence-corrected chi connectivity index (χ4v) is 3.43. The molecule has 0 saturated carbocycles. The van der Waals surface area contributed by atoms with Crippen molar-refractivity contribution < 1.29 is 31.1 Å². The van der Waals surface area contributed by atoms with E-state index in [1.165, 1.54) is 12.3 Å². The molecule has 0 aliphatic heterocycles. The number of rotatable bonds is 6. The highest BCUT2D eigenvalue weighted by Gasteiger charge is 2.32. The van der Waals surface area contributed by atoms with Crippen LogP contribution in [-0.4, -0.2) is 25.9 Å². The van der Waals surface area contributed by atoms with E-state index in [0.717, 1.165) is 6.07 Å².